The highest BCUT2D eigenvalue weighted by molar-refractivity contribution is 6.03. The lowest BCUT2D eigenvalue weighted by molar-refractivity contribution is 0.0472. The molecule has 7 heteroatoms. The van der Waals surface area contributed by atoms with Gasteiger partial charge in [-0.1, -0.05) is 13.8 Å². The van der Waals surface area contributed by atoms with Gasteiger partial charge in [-0.3, -0.25) is 4.79 Å². The molecule has 0 saturated heterocycles. The van der Waals surface area contributed by atoms with Gasteiger partial charge in [0.2, 0.25) is 5.78 Å². The monoisotopic (exact) mass is 401 g/mol. The standard InChI is InChI=1S/C22H27NO6/c1-6-27-22(26)19-14(4)20(23-15(19)5)18(24)12-29-21(25)16-7-9-17(10-8-16)28-11-13(2)3/h7-10,13,23H,6,11-12H2,1-5H3. The summed E-state index contributed by atoms with van der Waals surface area (Å²) in [5.41, 5.74) is 1.90. The number of H-pyrrole nitrogens is 1. The molecule has 2 rings (SSSR count). The van der Waals surface area contributed by atoms with Gasteiger partial charge in [0, 0.05) is 5.69 Å². The number of aromatic nitrogens is 1. The number of esters is 2. The lowest BCUT2D eigenvalue weighted by Gasteiger charge is -2.09. The Morgan fingerprint density at radius 3 is 2.24 bits per heavy atom. The van der Waals surface area contributed by atoms with Gasteiger partial charge in [0.25, 0.3) is 0 Å². The molecule has 0 aliphatic rings. The third-order valence-corrected chi connectivity index (χ3v) is 4.20. The number of carbonyl (C=O) groups excluding carboxylic acids is 3. The van der Waals surface area contributed by atoms with Crippen LogP contribution in [0.25, 0.3) is 0 Å². The number of hydrogen-bond donors (Lipinski definition) is 1. The molecule has 1 N–H and O–H groups in total. The summed E-state index contributed by atoms with van der Waals surface area (Å²) in [4.78, 5) is 39.6. The van der Waals surface area contributed by atoms with E-state index in [2.05, 4.69) is 4.98 Å². The molecular weight excluding hydrogens is 374 g/mol. The fraction of sp³-hybridized carbons (Fsp3) is 0.409. The Bertz CT molecular complexity index is 879. The summed E-state index contributed by atoms with van der Waals surface area (Å²) in [6.45, 7) is 9.53. The Kier molecular flexibility index (Phi) is 7.59. The Balaban J connectivity index is 1.99. The number of ether oxygens (including phenoxy) is 3. The maximum atomic E-state index is 12.5. The van der Waals surface area contributed by atoms with Crippen LogP contribution in [-0.2, 0) is 9.47 Å². The maximum Gasteiger partial charge on any atom is 0.340 e. The zero-order chi connectivity index (χ0) is 21.6. The topological polar surface area (TPSA) is 94.7 Å². The number of benzene rings is 1. The second kappa shape index (κ2) is 9.91. The van der Waals surface area contributed by atoms with Crippen molar-refractivity contribution in [1.82, 2.24) is 4.98 Å². The number of rotatable bonds is 9. The van der Waals surface area contributed by atoms with E-state index in [9.17, 15) is 14.4 Å². The Morgan fingerprint density at radius 2 is 1.66 bits per heavy atom. The second-order valence-electron chi connectivity index (χ2n) is 7.07. The van der Waals surface area contributed by atoms with Gasteiger partial charge in [-0.05, 0) is 56.5 Å². The zero-order valence-electron chi connectivity index (χ0n) is 17.5. The van der Waals surface area contributed by atoms with Gasteiger partial charge in [-0.2, -0.15) is 0 Å². The van der Waals surface area contributed by atoms with Gasteiger partial charge in [0.15, 0.2) is 6.61 Å². The minimum atomic E-state index is -0.611. The van der Waals surface area contributed by atoms with E-state index in [1.165, 1.54) is 0 Å². The van der Waals surface area contributed by atoms with Crippen molar-refractivity contribution in [2.75, 3.05) is 19.8 Å². The molecule has 0 amide bonds. The average Bonchev–Trinajstić information content (AvgIpc) is 2.99. The van der Waals surface area contributed by atoms with Gasteiger partial charge in [-0.25, -0.2) is 9.59 Å². The molecule has 29 heavy (non-hydrogen) atoms. The van der Waals surface area contributed by atoms with Gasteiger partial charge < -0.3 is 19.2 Å². The van der Waals surface area contributed by atoms with E-state index < -0.39 is 24.3 Å². The van der Waals surface area contributed by atoms with Crippen molar-refractivity contribution in [3.05, 3.63) is 52.3 Å². The van der Waals surface area contributed by atoms with Crippen molar-refractivity contribution >= 4 is 17.7 Å². The molecule has 0 fully saturated rings. The summed E-state index contributed by atoms with van der Waals surface area (Å²) in [5, 5.41) is 0. The van der Waals surface area contributed by atoms with Crippen LogP contribution < -0.4 is 4.74 Å². The van der Waals surface area contributed by atoms with Crippen molar-refractivity contribution in [2.24, 2.45) is 5.92 Å². The van der Waals surface area contributed by atoms with Gasteiger partial charge in [-0.15, -0.1) is 0 Å². The zero-order valence-corrected chi connectivity index (χ0v) is 17.5. The predicted octanol–water partition coefficient (Wildman–Crippen LogP) is 3.88. The molecule has 0 unspecified atom stereocenters. The highest BCUT2D eigenvalue weighted by Gasteiger charge is 2.23. The van der Waals surface area contributed by atoms with Crippen molar-refractivity contribution in [1.29, 1.82) is 0 Å². The van der Waals surface area contributed by atoms with Crippen LogP contribution in [0.3, 0.4) is 0 Å². The fourth-order valence-electron chi connectivity index (χ4n) is 2.78. The van der Waals surface area contributed by atoms with Crippen LogP contribution in [-0.4, -0.2) is 42.5 Å². The Morgan fingerprint density at radius 1 is 1.00 bits per heavy atom. The van der Waals surface area contributed by atoms with Crippen LogP contribution >= 0.6 is 0 Å². The first-order valence-electron chi connectivity index (χ1n) is 9.54. The molecule has 0 bridgehead atoms. The Hall–Kier alpha value is -3.09. The summed E-state index contributed by atoms with van der Waals surface area (Å²) in [6, 6.07) is 6.55. The summed E-state index contributed by atoms with van der Waals surface area (Å²) >= 11 is 0. The first kappa shape index (κ1) is 22.2. The molecule has 0 radical (unpaired) electrons. The molecule has 0 saturated carbocycles. The first-order valence-corrected chi connectivity index (χ1v) is 9.54. The normalized spacial score (nSPS) is 10.7. The van der Waals surface area contributed by atoms with E-state index in [1.54, 1.807) is 45.0 Å². The van der Waals surface area contributed by atoms with E-state index in [0.29, 0.717) is 40.7 Å². The molecule has 0 atom stereocenters. The first-order chi connectivity index (χ1) is 13.7. The molecule has 0 aliphatic carbocycles. The fourth-order valence-corrected chi connectivity index (χ4v) is 2.78. The molecule has 7 nitrogen and oxygen atoms in total. The molecular formula is C22H27NO6. The van der Waals surface area contributed by atoms with Crippen LogP contribution in [0.4, 0.5) is 0 Å². The molecule has 1 heterocycles. The predicted molar refractivity (Wildman–Crippen MR) is 108 cm³/mol. The van der Waals surface area contributed by atoms with Crippen molar-refractivity contribution in [3.8, 4) is 5.75 Å². The summed E-state index contributed by atoms with van der Waals surface area (Å²) in [6.07, 6.45) is 0. The largest absolute Gasteiger partial charge is 0.493 e. The third-order valence-electron chi connectivity index (χ3n) is 4.20. The van der Waals surface area contributed by atoms with Gasteiger partial charge >= 0.3 is 11.9 Å². The average molecular weight is 401 g/mol. The third kappa shape index (κ3) is 5.70. The van der Waals surface area contributed by atoms with Gasteiger partial charge in [0.05, 0.1) is 30.0 Å². The molecule has 0 aliphatic heterocycles. The van der Waals surface area contributed by atoms with Crippen molar-refractivity contribution in [3.63, 3.8) is 0 Å². The van der Waals surface area contributed by atoms with Crippen LogP contribution in [0.1, 0.15) is 63.2 Å². The number of carbonyl (C=O) groups is 3. The summed E-state index contributed by atoms with van der Waals surface area (Å²) in [7, 11) is 0. The molecule has 1 aromatic carbocycles. The van der Waals surface area contributed by atoms with Crippen molar-refractivity contribution < 1.29 is 28.6 Å². The van der Waals surface area contributed by atoms with Crippen LogP contribution in [0.15, 0.2) is 24.3 Å². The number of Topliss-reactive ketones (excluding diaryl/α,β-unsaturated/α-hetero) is 1. The van der Waals surface area contributed by atoms with E-state index in [4.69, 9.17) is 14.2 Å². The maximum absolute atomic E-state index is 12.5. The van der Waals surface area contributed by atoms with Crippen LogP contribution in [0, 0.1) is 19.8 Å². The lowest BCUT2D eigenvalue weighted by Crippen LogP contribution is -2.15. The highest BCUT2D eigenvalue weighted by atomic mass is 16.5. The van der Waals surface area contributed by atoms with Crippen LogP contribution in [0.2, 0.25) is 0 Å². The number of hydrogen-bond acceptors (Lipinski definition) is 6. The van der Waals surface area contributed by atoms with E-state index in [0.717, 1.165) is 0 Å². The SMILES string of the molecule is CCOC(=O)c1c(C)[nH]c(C(=O)COC(=O)c2ccc(OCC(C)C)cc2)c1C. The molecule has 2 aromatic rings. The summed E-state index contributed by atoms with van der Waals surface area (Å²) < 4.78 is 15.7. The molecule has 0 spiro atoms. The number of aryl methyl sites for hydroxylation is 1. The number of nitrogens with one attached hydrogen (secondary N) is 1. The molecule has 156 valence electrons. The van der Waals surface area contributed by atoms with E-state index in [-0.39, 0.29) is 12.3 Å². The van der Waals surface area contributed by atoms with Crippen molar-refractivity contribution in [2.45, 2.75) is 34.6 Å². The van der Waals surface area contributed by atoms with Gasteiger partial charge in [0.1, 0.15) is 5.75 Å². The molecule has 1 aromatic heterocycles. The van der Waals surface area contributed by atoms with Crippen LogP contribution in [0.5, 0.6) is 5.75 Å². The summed E-state index contributed by atoms with van der Waals surface area (Å²) in [5.74, 6) is -0.466. The van der Waals surface area contributed by atoms with E-state index >= 15 is 0 Å². The Labute approximate surface area is 170 Å². The smallest absolute Gasteiger partial charge is 0.340 e. The highest BCUT2D eigenvalue weighted by Crippen LogP contribution is 2.20. The lowest BCUT2D eigenvalue weighted by atomic mass is 10.1. The number of aromatic amines is 1. The number of ketones is 1. The quantitative estimate of drug-likeness (QED) is 0.506. The second-order valence-corrected chi connectivity index (χ2v) is 7.07. The minimum Gasteiger partial charge on any atom is -0.493 e. The minimum absolute atomic E-state index is 0.232. The van der Waals surface area contributed by atoms with E-state index in [1.807, 2.05) is 13.8 Å².